The molecule has 1 aliphatic rings. The van der Waals surface area contributed by atoms with Crippen LogP contribution in [0.4, 0.5) is 5.00 Å². The fourth-order valence-electron chi connectivity index (χ4n) is 3.45. The zero-order valence-electron chi connectivity index (χ0n) is 17.2. The molecule has 2 atom stereocenters. The van der Waals surface area contributed by atoms with Gasteiger partial charge in [-0.2, -0.15) is 0 Å². The number of carbonyl (C=O) groups is 3. The third-order valence-electron chi connectivity index (χ3n) is 5.02. The van der Waals surface area contributed by atoms with Crippen LogP contribution in [-0.4, -0.2) is 29.1 Å². The van der Waals surface area contributed by atoms with Crippen LogP contribution in [-0.2, 0) is 14.3 Å². The van der Waals surface area contributed by atoms with Crippen molar-refractivity contribution in [2.45, 2.75) is 39.7 Å². The number of carboxylic acids is 1. The Hall–Kier alpha value is -2.93. The van der Waals surface area contributed by atoms with Crippen molar-refractivity contribution >= 4 is 34.2 Å². The minimum atomic E-state index is -0.995. The molecule has 0 saturated heterocycles. The number of carbonyl (C=O) groups excluding carboxylic acids is 2. The maximum atomic E-state index is 12.9. The molecule has 0 unspecified atom stereocenters. The molecule has 0 spiro atoms. The average Bonchev–Trinajstić information content (AvgIpc) is 3.11. The number of benzene rings is 1. The Bertz CT molecular complexity index is 974. The molecule has 2 N–H and O–H groups in total. The number of rotatable bonds is 6. The highest BCUT2D eigenvalue weighted by molar-refractivity contribution is 7.15. The summed E-state index contributed by atoms with van der Waals surface area (Å²) in [6, 6.07) is 7.74. The van der Waals surface area contributed by atoms with E-state index in [-0.39, 0.29) is 6.10 Å². The summed E-state index contributed by atoms with van der Waals surface area (Å²) in [5.74, 6) is -3.38. The largest absolute Gasteiger partial charge is 0.481 e. The van der Waals surface area contributed by atoms with Crippen molar-refractivity contribution in [1.82, 2.24) is 0 Å². The van der Waals surface area contributed by atoms with Gasteiger partial charge in [-0.3, -0.25) is 9.59 Å². The summed E-state index contributed by atoms with van der Waals surface area (Å²) >= 11 is 1.23. The molecule has 1 heterocycles. The molecular weight excluding hydrogens is 402 g/mol. The molecule has 0 bridgehead atoms. The normalized spacial score (nSPS) is 18.3. The number of allylic oxidation sites excluding steroid dienone is 2. The second-order valence-corrected chi connectivity index (χ2v) is 8.54. The number of hydrogen-bond donors (Lipinski definition) is 2. The minimum Gasteiger partial charge on any atom is -0.481 e. The molecule has 0 saturated carbocycles. The minimum absolute atomic E-state index is 0.295. The van der Waals surface area contributed by atoms with Crippen LogP contribution >= 0.6 is 11.3 Å². The predicted molar refractivity (Wildman–Crippen MR) is 117 cm³/mol. The molecule has 1 aliphatic carbocycles. The average molecular weight is 428 g/mol. The number of thiophene rings is 1. The number of hydrogen-bond acceptors (Lipinski definition) is 5. The van der Waals surface area contributed by atoms with Gasteiger partial charge < -0.3 is 15.2 Å². The zero-order valence-corrected chi connectivity index (χ0v) is 18.0. The SMILES string of the molecule is Cc1ccc(-c2csc(NC(=O)[C@H]3CC=CC[C@@H]3C(=O)O)c2C(=O)OC(C)C)cc1. The van der Waals surface area contributed by atoms with E-state index < -0.39 is 29.7 Å². The molecular formula is C23H25NO5S. The van der Waals surface area contributed by atoms with Gasteiger partial charge in [-0.05, 0) is 39.2 Å². The molecule has 1 aromatic heterocycles. The summed E-state index contributed by atoms with van der Waals surface area (Å²) < 4.78 is 5.42. The number of aryl methyl sites for hydroxylation is 1. The number of aliphatic carboxylic acids is 1. The van der Waals surface area contributed by atoms with Gasteiger partial charge in [-0.1, -0.05) is 42.0 Å². The van der Waals surface area contributed by atoms with Gasteiger partial charge in [0.2, 0.25) is 5.91 Å². The van der Waals surface area contributed by atoms with Crippen molar-refractivity contribution in [3.63, 3.8) is 0 Å². The van der Waals surface area contributed by atoms with E-state index >= 15 is 0 Å². The maximum Gasteiger partial charge on any atom is 0.342 e. The van der Waals surface area contributed by atoms with Gasteiger partial charge >= 0.3 is 11.9 Å². The number of nitrogens with one attached hydrogen (secondary N) is 1. The molecule has 1 aromatic carbocycles. The molecule has 0 radical (unpaired) electrons. The Kier molecular flexibility index (Phi) is 6.72. The van der Waals surface area contributed by atoms with E-state index in [1.807, 2.05) is 42.6 Å². The van der Waals surface area contributed by atoms with E-state index in [4.69, 9.17) is 4.74 Å². The Balaban J connectivity index is 1.95. The van der Waals surface area contributed by atoms with Crippen LogP contribution in [0.15, 0.2) is 41.8 Å². The first-order chi connectivity index (χ1) is 14.3. The summed E-state index contributed by atoms with van der Waals surface area (Å²) in [5.41, 5.74) is 2.92. The Morgan fingerprint density at radius 3 is 2.33 bits per heavy atom. The van der Waals surface area contributed by atoms with Crippen LogP contribution in [0.25, 0.3) is 11.1 Å². The lowest BCUT2D eigenvalue weighted by Crippen LogP contribution is -2.34. The van der Waals surface area contributed by atoms with E-state index in [2.05, 4.69) is 5.32 Å². The first kappa shape index (κ1) is 21.8. The summed E-state index contributed by atoms with van der Waals surface area (Å²) in [6.45, 7) is 5.51. The summed E-state index contributed by atoms with van der Waals surface area (Å²) in [5, 5.41) is 14.4. The lowest BCUT2D eigenvalue weighted by atomic mass is 9.82. The van der Waals surface area contributed by atoms with Crippen molar-refractivity contribution in [1.29, 1.82) is 0 Å². The summed E-state index contributed by atoms with van der Waals surface area (Å²) in [4.78, 5) is 37.3. The van der Waals surface area contributed by atoms with Crippen LogP contribution in [0.3, 0.4) is 0 Å². The molecule has 1 amide bonds. The molecule has 6 nitrogen and oxygen atoms in total. The van der Waals surface area contributed by atoms with Gasteiger partial charge in [0.1, 0.15) is 10.6 Å². The highest BCUT2D eigenvalue weighted by Gasteiger charge is 2.35. The topological polar surface area (TPSA) is 92.7 Å². The van der Waals surface area contributed by atoms with Gasteiger partial charge in [0.25, 0.3) is 0 Å². The number of anilines is 1. The molecule has 0 aliphatic heterocycles. The second-order valence-electron chi connectivity index (χ2n) is 7.66. The summed E-state index contributed by atoms with van der Waals surface area (Å²) in [7, 11) is 0. The van der Waals surface area contributed by atoms with Gasteiger partial charge in [0.15, 0.2) is 0 Å². The lowest BCUT2D eigenvalue weighted by molar-refractivity contribution is -0.146. The van der Waals surface area contributed by atoms with Gasteiger partial charge in [-0.25, -0.2) is 4.79 Å². The third-order valence-corrected chi connectivity index (χ3v) is 5.92. The number of amides is 1. The van der Waals surface area contributed by atoms with E-state index in [1.54, 1.807) is 19.9 Å². The van der Waals surface area contributed by atoms with E-state index in [0.717, 1.165) is 11.1 Å². The second kappa shape index (κ2) is 9.26. The van der Waals surface area contributed by atoms with Gasteiger partial charge in [-0.15, -0.1) is 11.3 Å². The monoisotopic (exact) mass is 427 g/mol. The van der Waals surface area contributed by atoms with Crippen molar-refractivity contribution < 1.29 is 24.2 Å². The zero-order chi connectivity index (χ0) is 21.8. The fraction of sp³-hybridized carbons (Fsp3) is 0.348. The van der Waals surface area contributed by atoms with Gasteiger partial charge in [0.05, 0.1) is 17.9 Å². The summed E-state index contributed by atoms with van der Waals surface area (Å²) in [6.07, 6.45) is 3.96. The molecule has 30 heavy (non-hydrogen) atoms. The van der Waals surface area contributed by atoms with Gasteiger partial charge in [0, 0.05) is 10.9 Å². The highest BCUT2D eigenvalue weighted by Crippen LogP contribution is 2.37. The van der Waals surface area contributed by atoms with Crippen molar-refractivity contribution in [2.75, 3.05) is 5.32 Å². The van der Waals surface area contributed by atoms with Crippen LogP contribution < -0.4 is 5.32 Å². The quantitative estimate of drug-likeness (QED) is 0.506. The third kappa shape index (κ3) is 4.79. The predicted octanol–water partition coefficient (Wildman–Crippen LogP) is 4.89. The molecule has 0 fully saturated rings. The number of ether oxygens (including phenoxy) is 1. The van der Waals surface area contributed by atoms with Crippen molar-refractivity contribution in [3.05, 3.63) is 52.9 Å². The van der Waals surface area contributed by atoms with E-state index in [0.29, 0.717) is 29.0 Å². The first-order valence-electron chi connectivity index (χ1n) is 9.86. The maximum absolute atomic E-state index is 12.9. The molecule has 7 heteroatoms. The van der Waals surface area contributed by atoms with E-state index in [9.17, 15) is 19.5 Å². The molecule has 3 rings (SSSR count). The first-order valence-corrected chi connectivity index (χ1v) is 10.7. The number of esters is 1. The van der Waals surface area contributed by atoms with Crippen molar-refractivity contribution in [3.8, 4) is 11.1 Å². The smallest absolute Gasteiger partial charge is 0.342 e. The molecule has 2 aromatic rings. The standard InChI is InChI=1S/C23H25NO5S/c1-13(2)29-23(28)19-18(15-10-8-14(3)9-11-15)12-30-21(19)24-20(25)16-6-4-5-7-17(16)22(26)27/h4-5,8-13,16-17H,6-7H2,1-3H3,(H,24,25)(H,26,27)/t16-,17-/m0/s1. The molecule has 158 valence electrons. The van der Waals surface area contributed by atoms with E-state index in [1.165, 1.54) is 11.3 Å². The van der Waals surface area contributed by atoms with Crippen LogP contribution in [0.5, 0.6) is 0 Å². The Morgan fingerprint density at radius 1 is 1.10 bits per heavy atom. The number of carboxylic acid groups (broad SMARTS) is 1. The fourth-order valence-corrected chi connectivity index (χ4v) is 4.41. The van der Waals surface area contributed by atoms with Crippen LogP contribution in [0.1, 0.15) is 42.6 Å². The Labute approximate surface area is 179 Å². The Morgan fingerprint density at radius 2 is 1.73 bits per heavy atom. The van der Waals surface area contributed by atoms with Crippen molar-refractivity contribution in [2.24, 2.45) is 11.8 Å². The van der Waals surface area contributed by atoms with Crippen LogP contribution in [0.2, 0.25) is 0 Å². The highest BCUT2D eigenvalue weighted by atomic mass is 32.1. The van der Waals surface area contributed by atoms with Crippen LogP contribution in [0, 0.1) is 18.8 Å². The lowest BCUT2D eigenvalue weighted by Gasteiger charge is -2.24.